The Bertz CT molecular complexity index is 730. The number of benzene rings is 1. The number of hydrogen-bond donors (Lipinski definition) is 2. The lowest BCUT2D eigenvalue weighted by Gasteiger charge is -2.29. The van der Waals surface area contributed by atoms with Crippen molar-refractivity contribution in [1.29, 1.82) is 0 Å². The van der Waals surface area contributed by atoms with Crippen molar-refractivity contribution < 1.29 is 9.84 Å². The van der Waals surface area contributed by atoms with Gasteiger partial charge in [0.25, 0.3) is 5.56 Å². The quantitative estimate of drug-likeness (QED) is 0.832. The molecule has 0 saturated carbocycles. The molecule has 6 heteroatoms. The lowest BCUT2D eigenvalue weighted by atomic mass is 10.1. The van der Waals surface area contributed by atoms with Crippen molar-refractivity contribution in [2.45, 2.75) is 26.0 Å². The number of rotatable bonds is 6. The Morgan fingerprint density at radius 3 is 2.92 bits per heavy atom. The largest absolute Gasteiger partial charge is 0.389 e. The zero-order chi connectivity index (χ0) is 16.9. The topological polar surface area (TPSA) is 78.5 Å². The van der Waals surface area contributed by atoms with Gasteiger partial charge in [-0.3, -0.25) is 9.69 Å². The first-order valence-electron chi connectivity index (χ1n) is 8.33. The van der Waals surface area contributed by atoms with Crippen molar-refractivity contribution in [1.82, 2.24) is 14.9 Å². The summed E-state index contributed by atoms with van der Waals surface area (Å²) in [4.78, 5) is 22.0. The van der Waals surface area contributed by atoms with Gasteiger partial charge in [0.05, 0.1) is 24.0 Å². The first-order valence-corrected chi connectivity index (χ1v) is 8.33. The van der Waals surface area contributed by atoms with E-state index in [2.05, 4.69) is 14.9 Å². The van der Waals surface area contributed by atoms with Crippen LogP contribution < -0.4 is 5.56 Å². The van der Waals surface area contributed by atoms with E-state index in [9.17, 15) is 9.90 Å². The lowest BCUT2D eigenvalue weighted by molar-refractivity contribution is 0.0184. The summed E-state index contributed by atoms with van der Waals surface area (Å²) in [6.45, 7) is 4.60. The molecule has 1 unspecified atom stereocenters. The number of H-pyrrole nitrogens is 1. The molecule has 0 amide bonds. The van der Waals surface area contributed by atoms with E-state index in [4.69, 9.17) is 4.74 Å². The predicted molar refractivity (Wildman–Crippen MR) is 91.8 cm³/mol. The second-order valence-corrected chi connectivity index (χ2v) is 6.00. The molecular weight excluding hydrogens is 306 g/mol. The molecule has 24 heavy (non-hydrogen) atoms. The van der Waals surface area contributed by atoms with Crippen LogP contribution in [0.25, 0.3) is 11.4 Å². The highest BCUT2D eigenvalue weighted by Gasteiger charge is 2.23. The van der Waals surface area contributed by atoms with Gasteiger partial charge in [-0.25, -0.2) is 4.98 Å². The van der Waals surface area contributed by atoms with Crippen molar-refractivity contribution in [3.05, 3.63) is 51.9 Å². The van der Waals surface area contributed by atoms with Gasteiger partial charge in [-0.15, -0.1) is 0 Å². The SMILES string of the molecule is CCOCC(O)CN1CCc2nc(-c3ccccc3)[nH]c(=O)c2C1. The van der Waals surface area contributed by atoms with Crippen LogP contribution in [0.3, 0.4) is 0 Å². The number of aromatic amines is 1. The fraction of sp³-hybridized carbons (Fsp3) is 0.444. The predicted octanol–water partition coefficient (Wildman–Crippen LogP) is 1.19. The molecule has 1 aliphatic heterocycles. The molecule has 1 atom stereocenters. The molecule has 2 heterocycles. The van der Waals surface area contributed by atoms with Gasteiger partial charge in [-0.1, -0.05) is 30.3 Å². The van der Waals surface area contributed by atoms with Crippen molar-refractivity contribution >= 4 is 0 Å². The first kappa shape index (κ1) is 16.8. The number of aromatic nitrogens is 2. The fourth-order valence-corrected chi connectivity index (χ4v) is 2.97. The van der Waals surface area contributed by atoms with Gasteiger partial charge in [0.1, 0.15) is 5.82 Å². The molecule has 0 fully saturated rings. The molecule has 128 valence electrons. The summed E-state index contributed by atoms with van der Waals surface area (Å²) in [7, 11) is 0. The van der Waals surface area contributed by atoms with Crippen LogP contribution in [0.2, 0.25) is 0 Å². The van der Waals surface area contributed by atoms with E-state index in [1.54, 1.807) is 0 Å². The van der Waals surface area contributed by atoms with E-state index < -0.39 is 6.10 Å². The minimum Gasteiger partial charge on any atom is -0.389 e. The van der Waals surface area contributed by atoms with Crippen LogP contribution >= 0.6 is 0 Å². The second kappa shape index (κ2) is 7.70. The summed E-state index contributed by atoms with van der Waals surface area (Å²) >= 11 is 0. The van der Waals surface area contributed by atoms with Gasteiger partial charge in [-0.05, 0) is 6.92 Å². The van der Waals surface area contributed by atoms with E-state index >= 15 is 0 Å². The van der Waals surface area contributed by atoms with E-state index in [1.165, 1.54) is 0 Å². The van der Waals surface area contributed by atoms with Crippen LogP contribution in [-0.4, -0.2) is 52.4 Å². The second-order valence-electron chi connectivity index (χ2n) is 6.00. The third-order valence-corrected chi connectivity index (χ3v) is 4.18. The van der Waals surface area contributed by atoms with Gasteiger partial charge in [0, 0.05) is 38.2 Å². The Morgan fingerprint density at radius 2 is 2.17 bits per heavy atom. The summed E-state index contributed by atoms with van der Waals surface area (Å²) in [5.41, 5.74) is 2.37. The smallest absolute Gasteiger partial charge is 0.255 e. The molecule has 1 aliphatic rings. The maximum Gasteiger partial charge on any atom is 0.255 e. The number of ether oxygens (including phenoxy) is 1. The van der Waals surface area contributed by atoms with Crippen LogP contribution in [0.15, 0.2) is 35.1 Å². The third kappa shape index (κ3) is 3.90. The van der Waals surface area contributed by atoms with Gasteiger partial charge in [-0.2, -0.15) is 0 Å². The number of nitrogens with zero attached hydrogens (tertiary/aromatic N) is 2. The number of nitrogens with one attached hydrogen (secondary N) is 1. The first-order chi connectivity index (χ1) is 11.7. The zero-order valence-corrected chi connectivity index (χ0v) is 13.9. The Hall–Kier alpha value is -2.02. The molecule has 0 aliphatic carbocycles. The van der Waals surface area contributed by atoms with E-state index in [1.807, 2.05) is 37.3 Å². The molecule has 0 saturated heterocycles. The average Bonchev–Trinajstić information content (AvgIpc) is 2.61. The Kier molecular flexibility index (Phi) is 5.40. The van der Waals surface area contributed by atoms with Crippen molar-refractivity contribution in [3.8, 4) is 11.4 Å². The van der Waals surface area contributed by atoms with Gasteiger partial charge in [0.15, 0.2) is 0 Å². The number of hydrogen-bond acceptors (Lipinski definition) is 5. The number of aliphatic hydroxyl groups excluding tert-OH is 1. The zero-order valence-electron chi connectivity index (χ0n) is 13.9. The summed E-state index contributed by atoms with van der Waals surface area (Å²) in [6.07, 6.45) is 0.169. The highest BCUT2D eigenvalue weighted by molar-refractivity contribution is 5.54. The van der Waals surface area contributed by atoms with Gasteiger partial charge >= 0.3 is 0 Å². The van der Waals surface area contributed by atoms with Crippen LogP contribution in [-0.2, 0) is 17.7 Å². The van der Waals surface area contributed by atoms with Crippen LogP contribution in [0.1, 0.15) is 18.2 Å². The Balaban J connectivity index is 1.75. The number of fused-ring (bicyclic) bond motifs is 1. The maximum atomic E-state index is 12.5. The average molecular weight is 329 g/mol. The molecule has 0 radical (unpaired) electrons. The van der Waals surface area contributed by atoms with Gasteiger partial charge in [0.2, 0.25) is 0 Å². The Labute approximate surface area is 141 Å². The number of β-amino-alcohol motifs (C(OH)–C–C–N with tert-alkyl or cyclic N) is 1. The minimum absolute atomic E-state index is 0.0946. The molecule has 2 aromatic rings. The van der Waals surface area contributed by atoms with Crippen LogP contribution in [0, 0.1) is 0 Å². The Morgan fingerprint density at radius 1 is 1.38 bits per heavy atom. The molecule has 0 spiro atoms. The molecular formula is C18H23N3O3. The summed E-state index contributed by atoms with van der Waals surface area (Å²) in [6, 6.07) is 9.66. The summed E-state index contributed by atoms with van der Waals surface area (Å²) in [5.74, 6) is 0.615. The summed E-state index contributed by atoms with van der Waals surface area (Å²) < 4.78 is 5.24. The third-order valence-electron chi connectivity index (χ3n) is 4.18. The monoisotopic (exact) mass is 329 g/mol. The van der Waals surface area contributed by atoms with Crippen molar-refractivity contribution in [2.75, 3.05) is 26.3 Å². The lowest BCUT2D eigenvalue weighted by Crippen LogP contribution is -2.41. The van der Waals surface area contributed by atoms with Crippen molar-refractivity contribution in [3.63, 3.8) is 0 Å². The van der Waals surface area contributed by atoms with Crippen LogP contribution in [0.4, 0.5) is 0 Å². The normalized spacial score (nSPS) is 15.9. The standard InChI is InChI=1S/C18H23N3O3/c1-2-24-12-14(22)10-21-9-8-16-15(11-21)18(23)20-17(19-16)13-6-4-3-5-7-13/h3-7,14,22H,2,8-12H2,1H3,(H,19,20,23). The molecule has 3 rings (SSSR count). The summed E-state index contributed by atoms with van der Waals surface area (Å²) in [5, 5.41) is 9.97. The maximum absolute atomic E-state index is 12.5. The molecule has 1 aromatic carbocycles. The van der Waals surface area contributed by atoms with Gasteiger partial charge < -0.3 is 14.8 Å². The van der Waals surface area contributed by atoms with E-state index in [0.717, 1.165) is 17.8 Å². The van der Waals surface area contributed by atoms with Crippen LogP contribution in [0.5, 0.6) is 0 Å². The molecule has 0 bridgehead atoms. The highest BCUT2D eigenvalue weighted by Crippen LogP contribution is 2.18. The fourth-order valence-electron chi connectivity index (χ4n) is 2.97. The minimum atomic E-state index is -0.540. The number of aliphatic hydroxyl groups is 1. The molecule has 6 nitrogen and oxygen atoms in total. The molecule has 1 aromatic heterocycles. The molecule has 2 N–H and O–H groups in total. The van der Waals surface area contributed by atoms with Crippen molar-refractivity contribution in [2.24, 2.45) is 0 Å². The highest BCUT2D eigenvalue weighted by atomic mass is 16.5. The van der Waals surface area contributed by atoms with E-state index in [-0.39, 0.29) is 5.56 Å². The van der Waals surface area contributed by atoms with E-state index in [0.29, 0.717) is 44.1 Å².